The van der Waals surface area contributed by atoms with Gasteiger partial charge in [-0.05, 0) is 77.6 Å². The Morgan fingerprint density at radius 3 is 1.32 bits per heavy atom. The molecule has 164 valence electrons. The Morgan fingerprint density at radius 2 is 0.824 bits per heavy atom. The zero-order chi connectivity index (χ0) is 23.1. The summed E-state index contributed by atoms with van der Waals surface area (Å²) in [5.41, 5.74) is 10.1. The Kier molecular flexibility index (Phi) is 5.04. The number of fused-ring (bicyclic) bond motifs is 3. The first-order chi connectivity index (χ1) is 16.7. The molecule has 0 fully saturated rings. The van der Waals surface area contributed by atoms with E-state index in [2.05, 4.69) is 140 Å². The van der Waals surface area contributed by atoms with E-state index in [1.54, 1.807) is 0 Å². The molecule has 0 saturated carbocycles. The lowest BCUT2D eigenvalue weighted by Crippen LogP contribution is -1.99. The van der Waals surface area contributed by atoms with E-state index in [-0.39, 0.29) is 0 Å². The third kappa shape index (κ3) is 3.50. The number of hydrogen-bond donors (Lipinski definition) is 0. The molecule has 1 heteroatoms. The molecule has 0 atom stereocenters. The van der Waals surface area contributed by atoms with Crippen molar-refractivity contribution in [3.63, 3.8) is 0 Å². The van der Waals surface area contributed by atoms with Crippen LogP contribution in [0.2, 0.25) is 0 Å². The molecule has 1 nitrogen and oxygen atoms in total. The van der Waals surface area contributed by atoms with Gasteiger partial charge in [0.25, 0.3) is 0 Å². The predicted octanol–water partition coefficient (Wildman–Crippen LogP) is 9.38. The fraction of sp³-hybridized carbons (Fsp3) is 0.0909. The lowest BCUT2D eigenvalue weighted by atomic mass is 9.97. The summed E-state index contributed by atoms with van der Waals surface area (Å²) in [6.45, 7) is 4.53. The molecule has 0 amide bonds. The smallest absolute Gasteiger partial charge is 0.0494 e. The first-order valence-electron chi connectivity index (χ1n) is 12.0. The fourth-order valence-corrected chi connectivity index (χ4v) is 5.11. The van der Waals surface area contributed by atoms with Crippen molar-refractivity contribution in [2.75, 3.05) is 0 Å². The average molecular weight is 438 g/mol. The number of rotatable bonds is 4. The van der Waals surface area contributed by atoms with Gasteiger partial charge in [0.1, 0.15) is 0 Å². The molecular weight excluding hydrogens is 410 g/mol. The molecule has 0 N–H and O–H groups in total. The summed E-state index contributed by atoms with van der Waals surface area (Å²) in [6, 6.07) is 44.3. The summed E-state index contributed by atoms with van der Waals surface area (Å²) >= 11 is 0. The summed E-state index contributed by atoms with van der Waals surface area (Å²) < 4.78 is 2.46. The van der Waals surface area contributed by atoms with E-state index in [1.807, 2.05) is 0 Å². The monoisotopic (exact) mass is 437 g/mol. The molecule has 0 aliphatic heterocycles. The molecule has 5 aromatic carbocycles. The van der Waals surface area contributed by atoms with Gasteiger partial charge in [-0.3, -0.25) is 0 Å². The van der Waals surface area contributed by atoms with Gasteiger partial charge < -0.3 is 4.57 Å². The van der Waals surface area contributed by atoms with E-state index < -0.39 is 0 Å². The lowest BCUT2D eigenvalue weighted by Gasteiger charge is -2.12. The van der Waals surface area contributed by atoms with E-state index >= 15 is 0 Å². The van der Waals surface area contributed by atoms with Crippen LogP contribution in [0, 0.1) is 0 Å². The van der Waals surface area contributed by atoms with Crippen molar-refractivity contribution >= 4 is 21.8 Å². The molecular formula is C33H27N. The van der Waals surface area contributed by atoms with E-state index in [4.69, 9.17) is 0 Å². The number of hydrogen-bond acceptors (Lipinski definition) is 0. The largest absolute Gasteiger partial charge is 0.338 e. The zero-order valence-corrected chi connectivity index (χ0v) is 19.6. The highest BCUT2D eigenvalue weighted by Crippen LogP contribution is 2.37. The van der Waals surface area contributed by atoms with Crippen LogP contribution in [-0.2, 0) is 0 Å². The van der Waals surface area contributed by atoms with Gasteiger partial charge in [0.2, 0.25) is 0 Å². The minimum Gasteiger partial charge on any atom is -0.338 e. The minimum atomic E-state index is 0.384. The van der Waals surface area contributed by atoms with Crippen LogP contribution < -0.4 is 0 Å². The average Bonchev–Trinajstić information content (AvgIpc) is 3.23. The van der Waals surface area contributed by atoms with Crippen molar-refractivity contribution in [1.29, 1.82) is 0 Å². The molecule has 0 spiro atoms. The van der Waals surface area contributed by atoms with Crippen molar-refractivity contribution in [3.05, 3.63) is 121 Å². The first-order valence-corrected chi connectivity index (χ1v) is 12.0. The van der Waals surface area contributed by atoms with Crippen LogP contribution in [0.4, 0.5) is 0 Å². The van der Waals surface area contributed by atoms with Gasteiger partial charge >= 0.3 is 0 Å². The van der Waals surface area contributed by atoms with E-state index in [0.717, 1.165) is 0 Å². The molecule has 6 aromatic rings. The van der Waals surface area contributed by atoms with Crippen molar-refractivity contribution in [3.8, 4) is 33.4 Å². The van der Waals surface area contributed by atoms with Crippen molar-refractivity contribution in [1.82, 2.24) is 4.57 Å². The maximum Gasteiger partial charge on any atom is 0.0494 e. The van der Waals surface area contributed by atoms with Gasteiger partial charge in [0.15, 0.2) is 0 Å². The molecule has 34 heavy (non-hydrogen) atoms. The lowest BCUT2D eigenvalue weighted by molar-refractivity contribution is 0.642. The normalized spacial score (nSPS) is 11.5. The minimum absolute atomic E-state index is 0.384. The van der Waals surface area contributed by atoms with Crippen LogP contribution in [-0.4, -0.2) is 4.57 Å². The van der Waals surface area contributed by atoms with Gasteiger partial charge in [-0.2, -0.15) is 0 Å². The Morgan fingerprint density at radius 1 is 0.412 bits per heavy atom. The molecule has 1 aromatic heterocycles. The van der Waals surface area contributed by atoms with E-state index in [1.165, 1.54) is 55.2 Å². The quantitative estimate of drug-likeness (QED) is 0.259. The molecule has 6 rings (SSSR count). The maximum absolute atomic E-state index is 2.46. The molecule has 0 bridgehead atoms. The first kappa shape index (κ1) is 20.5. The molecule has 0 aliphatic carbocycles. The summed E-state index contributed by atoms with van der Waals surface area (Å²) in [4.78, 5) is 0. The molecule has 0 unspecified atom stereocenters. The second-order valence-corrected chi connectivity index (χ2v) is 9.24. The zero-order valence-electron chi connectivity index (χ0n) is 19.6. The van der Waals surface area contributed by atoms with Crippen molar-refractivity contribution < 1.29 is 0 Å². The summed E-state index contributed by atoms with van der Waals surface area (Å²) in [7, 11) is 0. The van der Waals surface area contributed by atoms with Gasteiger partial charge in [-0.1, -0.05) is 91.0 Å². The standard InChI is InChI=1S/C33H27N/c1-23(2)34-32-18-16-28(25-12-7-4-8-13-25)21-30(32)31-22-29(17-19-33(31)34)27-15-9-14-26(20-27)24-10-5-3-6-11-24/h3-23H,1-2H3. The maximum atomic E-state index is 2.46. The van der Waals surface area contributed by atoms with Gasteiger partial charge in [0, 0.05) is 27.8 Å². The van der Waals surface area contributed by atoms with Gasteiger partial charge in [-0.25, -0.2) is 0 Å². The molecule has 0 saturated heterocycles. The second-order valence-electron chi connectivity index (χ2n) is 9.24. The Bertz CT molecular complexity index is 1610. The summed E-state index contributed by atoms with van der Waals surface area (Å²) in [5, 5.41) is 2.62. The van der Waals surface area contributed by atoms with Crippen molar-refractivity contribution in [2.45, 2.75) is 19.9 Å². The van der Waals surface area contributed by atoms with Crippen LogP contribution in [0.3, 0.4) is 0 Å². The third-order valence-electron chi connectivity index (χ3n) is 6.73. The second kappa shape index (κ2) is 8.35. The Labute approximate surface area is 200 Å². The van der Waals surface area contributed by atoms with Crippen LogP contribution in [0.15, 0.2) is 121 Å². The number of benzene rings is 5. The van der Waals surface area contributed by atoms with E-state index in [0.29, 0.717) is 6.04 Å². The van der Waals surface area contributed by atoms with Gasteiger partial charge in [-0.15, -0.1) is 0 Å². The Balaban J connectivity index is 1.55. The highest BCUT2D eigenvalue weighted by atomic mass is 15.0. The fourth-order valence-electron chi connectivity index (χ4n) is 5.11. The van der Waals surface area contributed by atoms with E-state index in [9.17, 15) is 0 Å². The third-order valence-corrected chi connectivity index (χ3v) is 6.73. The van der Waals surface area contributed by atoms with Crippen LogP contribution in [0.25, 0.3) is 55.2 Å². The number of aromatic nitrogens is 1. The SMILES string of the molecule is CC(C)n1c2ccc(-c3ccccc3)cc2c2cc(-c3cccc(-c4ccccc4)c3)ccc21. The summed E-state index contributed by atoms with van der Waals surface area (Å²) in [5.74, 6) is 0. The molecule has 0 radical (unpaired) electrons. The predicted molar refractivity (Wildman–Crippen MR) is 146 cm³/mol. The Hall–Kier alpha value is -4.10. The molecule has 1 heterocycles. The topological polar surface area (TPSA) is 4.93 Å². The summed E-state index contributed by atoms with van der Waals surface area (Å²) in [6.07, 6.45) is 0. The van der Waals surface area contributed by atoms with Crippen LogP contribution >= 0.6 is 0 Å². The number of nitrogens with zero attached hydrogens (tertiary/aromatic N) is 1. The van der Waals surface area contributed by atoms with Crippen molar-refractivity contribution in [2.24, 2.45) is 0 Å². The van der Waals surface area contributed by atoms with Crippen LogP contribution in [0.1, 0.15) is 19.9 Å². The highest BCUT2D eigenvalue weighted by molar-refractivity contribution is 6.10. The van der Waals surface area contributed by atoms with Gasteiger partial charge in [0.05, 0.1) is 0 Å². The van der Waals surface area contributed by atoms with Crippen LogP contribution in [0.5, 0.6) is 0 Å². The highest BCUT2D eigenvalue weighted by Gasteiger charge is 2.15. The molecule has 0 aliphatic rings.